The molecule has 0 heterocycles. The van der Waals surface area contributed by atoms with Crippen molar-refractivity contribution in [3.05, 3.63) is 37.0 Å². The quantitative estimate of drug-likeness (QED) is 0.360. The van der Waals surface area contributed by atoms with Gasteiger partial charge in [0.2, 0.25) is 0 Å². The van der Waals surface area contributed by atoms with E-state index in [-0.39, 0.29) is 14.9 Å². The fourth-order valence-electron chi connectivity index (χ4n) is 1.57. The van der Waals surface area contributed by atoms with E-state index < -0.39 is 0 Å². The van der Waals surface area contributed by atoms with E-state index in [0.29, 0.717) is 24.0 Å². The molecule has 0 aliphatic rings. The van der Waals surface area contributed by atoms with Gasteiger partial charge in [-0.3, -0.25) is 0 Å². The summed E-state index contributed by atoms with van der Waals surface area (Å²) in [7, 11) is 16.3. The van der Waals surface area contributed by atoms with E-state index in [2.05, 4.69) is 104 Å². The van der Waals surface area contributed by atoms with Crippen LogP contribution < -0.4 is 0 Å². The van der Waals surface area contributed by atoms with Gasteiger partial charge >= 0.3 is 0 Å². The van der Waals surface area contributed by atoms with Gasteiger partial charge in [0.1, 0.15) is 0 Å². The molecule has 5 nitrogen and oxygen atoms in total. The largest absolute Gasteiger partial charge is 0.381 e. The SMILES string of the molecule is C.C.C=C(C(C)C)N(C)C.C=C(C)N(C)C(C)C.C=C(N(C)C)N(C)C(C)C.CC(C)N(C)C. The first-order valence-corrected chi connectivity index (χ1v) is 11.7. The second kappa shape index (κ2) is 24.5. The lowest BCUT2D eigenvalue weighted by molar-refractivity contribution is 0.258. The lowest BCUT2D eigenvalue weighted by atomic mass is 10.1. The van der Waals surface area contributed by atoms with Gasteiger partial charge in [0, 0.05) is 71.8 Å². The van der Waals surface area contributed by atoms with Crippen LogP contribution in [-0.2, 0) is 0 Å². The van der Waals surface area contributed by atoms with Crippen LogP contribution in [0, 0.1) is 5.92 Å². The highest BCUT2D eigenvalue weighted by molar-refractivity contribution is 4.93. The van der Waals surface area contributed by atoms with Crippen molar-refractivity contribution < 1.29 is 0 Å². The highest BCUT2D eigenvalue weighted by Crippen LogP contribution is 2.07. The lowest BCUT2D eigenvalue weighted by Gasteiger charge is -2.30. The topological polar surface area (TPSA) is 16.2 Å². The molecule has 0 aliphatic heterocycles. The molecule has 0 amide bonds. The van der Waals surface area contributed by atoms with Gasteiger partial charge < -0.3 is 24.5 Å². The normalized spacial score (nSPS) is 9.35. The van der Waals surface area contributed by atoms with Crippen molar-refractivity contribution in [1.29, 1.82) is 0 Å². The third kappa shape index (κ3) is 28.4. The van der Waals surface area contributed by atoms with E-state index in [1.807, 2.05) is 59.0 Å². The second-order valence-electron chi connectivity index (χ2n) is 10.1. The number of hydrogen-bond acceptors (Lipinski definition) is 5. The number of nitrogens with zero attached hydrogens (tertiary/aromatic N) is 5. The fourth-order valence-corrected chi connectivity index (χ4v) is 1.57. The molecule has 210 valence electrons. The predicted octanol–water partition coefficient (Wildman–Crippen LogP) is 7.17. The summed E-state index contributed by atoms with van der Waals surface area (Å²) in [6, 6.07) is 1.78. The molecule has 0 aromatic rings. The van der Waals surface area contributed by atoms with Gasteiger partial charge in [-0.15, -0.1) is 0 Å². The Labute approximate surface area is 219 Å². The van der Waals surface area contributed by atoms with Crippen LogP contribution in [-0.4, -0.2) is 99.0 Å². The highest BCUT2D eigenvalue weighted by Gasteiger charge is 2.06. The van der Waals surface area contributed by atoms with Crippen molar-refractivity contribution >= 4 is 0 Å². The molecule has 5 heteroatoms. The van der Waals surface area contributed by atoms with Crippen molar-refractivity contribution in [2.24, 2.45) is 5.92 Å². The Morgan fingerprint density at radius 1 is 0.529 bits per heavy atom. The van der Waals surface area contributed by atoms with Crippen LogP contribution in [0.15, 0.2) is 37.0 Å². The Kier molecular flexibility index (Phi) is 33.0. The zero-order chi connectivity index (χ0) is 26.9. The molecule has 0 saturated carbocycles. The first-order chi connectivity index (χ1) is 14.2. The Morgan fingerprint density at radius 3 is 0.853 bits per heavy atom. The number of hydrogen-bond donors (Lipinski definition) is 0. The Bertz CT molecular complexity index is 473. The Hall–Kier alpha value is -1.62. The van der Waals surface area contributed by atoms with Crippen LogP contribution >= 0.6 is 0 Å². The molecule has 0 aromatic heterocycles. The summed E-state index contributed by atoms with van der Waals surface area (Å²) in [4.78, 5) is 10.5. The van der Waals surface area contributed by atoms with Gasteiger partial charge in [0.15, 0.2) is 0 Å². The van der Waals surface area contributed by atoms with E-state index in [1.54, 1.807) is 0 Å². The van der Waals surface area contributed by atoms with Crippen molar-refractivity contribution in [3.63, 3.8) is 0 Å². The molecule has 0 aliphatic carbocycles. The van der Waals surface area contributed by atoms with Crippen LogP contribution in [0.5, 0.6) is 0 Å². The molecule has 0 spiro atoms. The fraction of sp³-hybridized carbons (Fsp3) is 0.793. The van der Waals surface area contributed by atoms with Crippen molar-refractivity contribution in [1.82, 2.24) is 24.5 Å². The maximum atomic E-state index is 3.93. The first kappa shape index (κ1) is 45.8. The van der Waals surface area contributed by atoms with Crippen LogP contribution in [0.2, 0.25) is 0 Å². The van der Waals surface area contributed by atoms with Crippen LogP contribution in [0.3, 0.4) is 0 Å². The smallest absolute Gasteiger partial charge is 0.0959 e. The van der Waals surface area contributed by atoms with Gasteiger partial charge in [-0.1, -0.05) is 48.4 Å². The van der Waals surface area contributed by atoms with Crippen LogP contribution in [0.1, 0.15) is 77.2 Å². The molecule has 0 fully saturated rings. The van der Waals surface area contributed by atoms with Gasteiger partial charge in [0.05, 0.1) is 5.82 Å². The maximum absolute atomic E-state index is 3.93. The molecule has 0 radical (unpaired) electrons. The minimum atomic E-state index is 0. The van der Waals surface area contributed by atoms with E-state index in [0.717, 1.165) is 11.5 Å². The highest BCUT2D eigenvalue weighted by atomic mass is 15.3. The van der Waals surface area contributed by atoms with Gasteiger partial charge in [-0.25, -0.2) is 0 Å². The van der Waals surface area contributed by atoms with Crippen molar-refractivity contribution in [2.75, 3.05) is 56.4 Å². The van der Waals surface area contributed by atoms with Gasteiger partial charge in [-0.05, 0) is 68.5 Å². The van der Waals surface area contributed by atoms with Crippen molar-refractivity contribution in [2.45, 2.75) is 95.3 Å². The summed E-state index contributed by atoms with van der Waals surface area (Å²) >= 11 is 0. The summed E-state index contributed by atoms with van der Waals surface area (Å²) in [5.41, 5.74) is 2.31. The van der Waals surface area contributed by atoms with E-state index in [1.165, 1.54) is 5.70 Å². The zero-order valence-corrected chi connectivity index (χ0v) is 25.2. The van der Waals surface area contributed by atoms with Gasteiger partial charge in [0.25, 0.3) is 0 Å². The number of allylic oxidation sites excluding steroid dienone is 2. The number of rotatable bonds is 8. The first-order valence-electron chi connectivity index (χ1n) is 11.7. The Balaban J connectivity index is -0.0000000764. The Morgan fingerprint density at radius 2 is 0.824 bits per heavy atom. The summed E-state index contributed by atoms with van der Waals surface area (Å²) < 4.78 is 0. The summed E-state index contributed by atoms with van der Waals surface area (Å²) in [6.07, 6.45) is 0. The van der Waals surface area contributed by atoms with Gasteiger partial charge in [-0.2, -0.15) is 0 Å². The third-order valence-corrected chi connectivity index (χ3v) is 5.35. The third-order valence-electron chi connectivity index (χ3n) is 5.35. The molecule has 0 atom stereocenters. The molecule has 0 bridgehead atoms. The maximum Gasteiger partial charge on any atom is 0.0959 e. The molecular weight excluding hydrogens is 418 g/mol. The standard InChI is InChI=1S/C8H18N2.2C7H15N.C5H13N.2CH4/c1-7(2)10(6)8(3)9(4)5;1-6(2)7(3)8(4)5;1-6(2)8(5)7(3)4;1-5(2)6(3)4;;/h7H,3H2,1-2,4-6H3;6H,3H2,1-2,4-5H3;7H,1H2,2-5H3;5H,1-4H3;2*1H4. The molecular formula is C29H69N5. The van der Waals surface area contributed by atoms with Crippen LogP contribution in [0.25, 0.3) is 0 Å². The predicted molar refractivity (Wildman–Crippen MR) is 163 cm³/mol. The molecule has 0 rings (SSSR count). The van der Waals surface area contributed by atoms with Crippen molar-refractivity contribution in [3.8, 4) is 0 Å². The molecule has 0 unspecified atom stereocenters. The van der Waals surface area contributed by atoms with E-state index in [4.69, 9.17) is 0 Å². The van der Waals surface area contributed by atoms with Crippen LogP contribution in [0.4, 0.5) is 0 Å². The lowest BCUT2D eigenvalue weighted by Crippen LogP contribution is -2.32. The summed E-state index contributed by atoms with van der Waals surface area (Å²) in [5.74, 6) is 1.62. The van der Waals surface area contributed by atoms with E-state index in [9.17, 15) is 0 Å². The summed E-state index contributed by atoms with van der Waals surface area (Å²) in [6.45, 7) is 30.8. The zero-order valence-electron chi connectivity index (χ0n) is 25.2. The molecule has 0 N–H and O–H groups in total. The average Bonchev–Trinajstić information content (AvgIpc) is 2.66. The second-order valence-corrected chi connectivity index (χ2v) is 10.1. The minimum absolute atomic E-state index is 0. The monoisotopic (exact) mass is 488 g/mol. The summed E-state index contributed by atoms with van der Waals surface area (Å²) in [5, 5.41) is 0. The minimum Gasteiger partial charge on any atom is -0.381 e. The van der Waals surface area contributed by atoms with E-state index >= 15 is 0 Å². The molecule has 0 saturated heterocycles. The molecule has 0 aromatic carbocycles. The average molecular weight is 488 g/mol. The molecule has 34 heavy (non-hydrogen) atoms.